The summed E-state index contributed by atoms with van der Waals surface area (Å²) < 4.78 is 0. The zero-order valence-corrected chi connectivity index (χ0v) is 11.4. The third kappa shape index (κ3) is 5.34. The molecule has 0 bridgehead atoms. The van der Waals surface area contributed by atoms with Gasteiger partial charge in [0, 0.05) is 6.04 Å². The molecule has 2 atom stereocenters. The Morgan fingerprint density at radius 3 is 2.50 bits per heavy atom. The van der Waals surface area contributed by atoms with Crippen molar-refractivity contribution in [3.63, 3.8) is 0 Å². The highest BCUT2D eigenvalue weighted by atomic mass is 14.9. The molecule has 1 heterocycles. The maximum Gasteiger partial charge on any atom is 0.00953 e. The molecule has 0 aromatic heterocycles. The molecule has 0 spiro atoms. The molecule has 1 aliphatic heterocycles. The lowest BCUT2D eigenvalue weighted by molar-refractivity contribution is 0.260. The van der Waals surface area contributed by atoms with Crippen LogP contribution in [0.3, 0.4) is 0 Å². The van der Waals surface area contributed by atoms with Gasteiger partial charge in [0.05, 0.1) is 0 Å². The van der Waals surface area contributed by atoms with Crippen molar-refractivity contribution < 1.29 is 0 Å². The number of hydrogen-bond donors (Lipinski definition) is 1. The van der Waals surface area contributed by atoms with Gasteiger partial charge in [0.2, 0.25) is 0 Å². The van der Waals surface area contributed by atoms with E-state index in [0.29, 0.717) is 0 Å². The zero-order chi connectivity index (χ0) is 11.6. The Kier molecular flexibility index (Phi) is 7.92. The van der Waals surface area contributed by atoms with Gasteiger partial charge in [-0.3, -0.25) is 0 Å². The highest BCUT2D eigenvalue weighted by Crippen LogP contribution is 2.24. The predicted octanol–water partition coefficient (Wildman–Crippen LogP) is 4.52. The summed E-state index contributed by atoms with van der Waals surface area (Å²) in [4.78, 5) is 0. The van der Waals surface area contributed by atoms with Crippen LogP contribution in [0.25, 0.3) is 0 Å². The average molecular weight is 225 g/mol. The van der Waals surface area contributed by atoms with Crippen LogP contribution in [0.5, 0.6) is 0 Å². The fourth-order valence-electron chi connectivity index (χ4n) is 3.03. The summed E-state index contributed by atoms with van der Waals surface area (Å²) in [6.45, 7) is 5.90. The normalized spacial score (nSPS) is 23.2. The van der Waals surface area contributed by atoms with Gasteiger partial charge in [-0.1, -0.05) is 52.4 Å². The van der Waals surface area contributed by atoms with Gasteiger partial charge in [-0.2, -0.15) is 0 Å². The monoisotopic (exact) mass is 225 g/mol. The Balaban J connectivity index is 2.22. The lowest BCUT2D eigenvalue weighted by atomic mass is 9.85. The van der Waals surface area contributed by atoms with Crippen LogP contribution >= 0.6 is 0 Å². The second kappa shape index (κ2) is 9.04. The minimum Gasteiger partial charge on any atom is -0.314 e. The van der Waals surface area contributed by atoms with Crippen LogP contribution in [-0.2, 0) is 0 Å². The Labute approximate surface area is 102 Å². The van der Waals surface area contributed by atoms with Gasteiger partial charge in [0.1, 0.15) is 0 Å². The molecular formula is C15H31N. The number of hydrogen-bond acceptors (Lipinski definition) is 1. The molecule has 1 rings (SSSR count). The quantitative estimate of drug-likeness (QED) is 0.599. The van der Waals surface area contributed by atoms with Crippen molar-refractivity contribution in [1.29, 1.82) is 0 Å². The fraction of sp³-hybridized carbons (Fsp3) is 1.00. The van der Waals surface area contributed by atoms with Crippen LogP contribution < -0.4 is 5.32 Å². The smallest absolute Gasteiger partial charge is 0.00953 e. The summed E-state index contributed by atoms with van der Waals surface area (Å²) in [7, 11) is 0. The van der Waals surface area contributed by atoms with Crippen LogP contribution in [0, 0.1) is 5.92 Å². The lowest BCUT2D eigenvalue weighted by Crippen LogP contribution is -2.39. The van der Waals surface area contributed by atoms with Gasteiger partial charge < -0.3 is 5.32 Å². The first kappa shape index (κ1) is 14.0. The van der Waals surface area contributed by atoms with Crippen LogP contribution in [0.2, 0.25) is 0 Å². The minimum absolute atomic E-state index is 0.843. The third-order valence-corrected chi connectivity index (χ3v) is 4.01. The van der Waals surface area contributed by atoms with E-state index in [1.165, 1.54) is 70.8 Å². The molecule has 1 nitrogen and oxygen atoms in total. The summed E-state index contributed by atoms with van der Waals surface area (Å²) in [5.41, 5.74) is 0. The van der Waals surface area contributed by atoms with Crippen molar-refractivity contribution in [1.82, 2.24) is 5.32 Å². The molecule has 2 unspecified atom stereocenters. The number of piperidine rings is 1. The molecule has 1 fully saturated rings. The first-order valence-electron chi connectivity index (χ1n) is 7.61. The van der Waals surface area contributed by atoms with E-state index in [-0.39, 0.29) is 0 Å². The van der Waals surface area contributed by atoms with E-state index in [2.05, 4.69) is 19.2 Å². The van der Waals surface area contributed by atoms with E-state index >= 15 is 0 Å². The van der Waals surface area contributed by atoms with Crippen LogP contribution in [0.1, 0.15) is 78.1 Å². The van der Waals surface area contributed by atoms with Gasteiger partial charge in [-0.05, 0) is 38.1 Å². The molecular weight excluding hydrogens is 194 g/mol. The van der Waals surface area contributed by atoms with E-state index in [1.54, 1.807) is 0 Å². The van der Waals surface area contributed by atoms with E-state index in [1.807, 2.05) is 0 Å². The molecule has 0 aliphatic carbocycles. The van der Waals surface area contributed by atoms with Gasteiger partial charge in [-0.25, -0.2) is 0 Å². The molecule has 1 aliphatic rings. The topological polar surface area (TPSA) is 12.0 Å². The molecule has 0 radical (unpaired) electrons. The van der Waals surface area contributed by atoms with E-state index in [4.69, 9.17) is 0 Å². The van der Waals surface area contributed by atoms with Crippen molar-refractivity contribution in [3.8, 4) is 0 Å². The summed E-state index contributed by atoms with van der Waals surface area (Å²) in [5.74, 6) is 0.960. The molecule has 0 aromatic rings. The number of nitrogens with one attached hydrogen (secondary N) is 1. The van der Waals surface area contributed by atoms with E-state index in [9.17, 15) is 0 Å². The molecule has 1 heteroatoms. The van der Waals surface area contributed by atoms with Crippen LogP contribution in [-0.4, -0.2) is 12.6 Å². The zero-order valence-electron chi connectivity index (χ0n) is 11.4. The van der Waals surface area contributed by atoms with E-state index in [0.717, 1.165) is 12.0 Å². The Morgan fingerprint density at radius 2 is 1.88 bits per heavy atom. The summed E-state index contributed by atoms with van der Waals surface area (Å²) in [5, 5.41) is 3.74. The number of rotatable bonds is 8. The molecule has 96 valence electrons. The molecule has 1 N–H and O–H groups in total. The maximum atomic E-state index is 3.74. The van der Waals surface area contributed by atoms with Crippen LogP contribution in [0.4, 0.5) is 0 Å². The SMILES string of the molecule is CCCCCCC(CCC)C1CCCCN1. The van der Waals surface area contributed by atoms with Crippen molar-refractivity contribution in [2.75, 3.05) is 6.54 Å². The molecule has 0 amide bonds. The van der Waals surface area contributed by atoms with Crippen molar-refractivity contribution in [2.45, 2.75) is 84.1 Å². The molecule has 16 heavy (non-hydrogen) atoms. The summed E-state index contributed by atoms with van der Waals surface area (Å²) >= 11 is 0. The fourth-order valence-corrected chi connectivity index (χ4v) is 3.03. The first-order valence-corrected chi connectivity index (χ1v) is 7.61. The van der Waals surface area contributed by atoms with Crippen LogP contribution in [0.15, 0.2) is 0 Å². The highest BCUT2D eigenvalue weighted by molar-refractivity contribution is 4.79. The molecule has 1 saturated heterocycles. The molecule has 0 saturated carbocycles. The lowest BCUT2D eigenvalue weighted by Gasteiger charge is -2.31. The van der Waals surface area contributed by atoms with E-state index < -0.39 is 0 Å². The highest BCUT2D eigenvalue weighted by Gasteiger charge is 2.21. The van der Waals surface area contributed by atoms with Crippen molar-refractivity contribution in [3.05, 3.63) is 0 Å². The predicted molar refractivity (Wildman–Crippen MR) is 72.8 cm³/mol. The Hall–Kier alpha value is -0.0400. The second-order valence-electron chi connectivity index (χ2n) is 5.45. The second-order valence-corrected chi connectivity index (χ2v) is 5.45. The Morgan fingerprint density at radius 1 is 1.00 bits per heavy atom. The average Bonchev–Trinajstić information content (AvgIpc) is 2.34. The Bertz CT molecular complexity index is 150. The number of unbranched alkanes of at least 4 members (excludes halogenated alkanes) is 3. The maximum absolute atomic E-state index is 3.74. The summed E-state index contributed by atoms with van der Waals surface area (Å²) in [6.07, 6.45) is 14.2. The van der Waals surface area contributed by atoms with Gasteiger partial charge in [0.15, 0.2) is 0 Å². The van der Waals surface area contributed by atoms with Gasteiger partial charge in [0.25, 0.3) is 0 Å². The summed E-state index contributed by atoms with van der Waals surface area (Å²) in [6, 6.07) is 0.843. The standard InChI is InChI=1S/C15H31N/c1-3-5-6-7-11-14(10-4-2)15-12-8-9-13-16-15/h14-16H,3-13H2,1-2H3. The van der Waals surface area contributed by atoms with Gasteiger partial charge >= 0.3 is 0 Å². The molecule has 0 aromatic carbocycles. The first-order chi connectivity index (χ1) is 7.88. The minimum atomic E-state index is 0.843. The third-order valence-electron chi connectivity index (χ3n) is 4.01. The van der Waals surface area contributed by atoms with Gasteiger partial charge in [-0.15, -0.1) is 0 Å². The van der Waals surface area contributed by atoms with Crippen molar-refractivity contribution in [2.24, 2.45) is 5.92 Å². The largest absolute Gasteiger partial charge is 0.314 e. The van der Waals surface area contributed by atoms with Crippen molar-refractivity contribution >= 4 is 0 Å².